The molecule has 4 amide bonds. The molecule has 436 valence electrons. The number of nitrogens with one attached hydrogen (secondary N) is 2. The number of imide groups is 1. The van der Waals surface area contributed by atoms with Crippen molar-refractivity contribution in [2.24, 2.45) is 30.0 Å². The largest absolute Gasteiger partial charge is 0.582 e. The quantitative estimate of drug-likeness (QED) is 0.0329. The fourth-order valence-corrected chi connectivity index (χ4v) is 23.6. The molecule has 11 rings (SSSR count). The van der Waals surface area contributed by atoms with Crippen LogP contribution in [0.15, 0.2) is 127 Å². The first kappa shape index (κ1) is 58.0. The summed E-state index contributed by atoms with van der Waals surface area (Å²) in [4.78, 5) is 101. The SMILES string of the molecule is COCCOCCOCC(=O)NCCC[Si](C)(C)O[Si]1(O[Si](C)(C)CCCNC(=O)CCCCC(=O)ON2C(=O)CCC2=O)n2c3c4ccccc4c2N=C2N=C(N=c4c5ccccc5c(n41)=NC1=NC(=N3)c3ccccc31)c1ccccc12. The van der Waals surface area contributed by atoms with E-state index in [1.165, 1.54) is 0 Å². The molecule has 5 aliphatic heterocycles. The first-order chi connectivity index (χ1) is 40.6. The monoisotopic (exact) mass is 1190 g/mol. The van der Waals surface area contributed by atoms with Crippen molar-refractivity contribution >= 4 is 112 Å². The number of methoxy groups -OCH3 is 1. The number of carbonyl (C=O) groups excluding carboxylic acids is 5. The Bertz CT molecular complexity index is 3690. The number of unbranched alkanes of at least 4 members (excludes halogenated alkanes) is 1. The third-order valence-electron chi connectivity index (χ3n) is 15.0. The van der Waals surface area contributed by atoms with Crippen LogP contribution in [0.5, 0.6) is 0 Å². The fraction of sp³-hybridized carbons (Fsp3) is 0.373. The van der Waals surface area contributed by atoms with Gasteiger partial charge in [-0.2, -0.15) is 0 Å². The summed E-state index contributed by atoms with van der Waals surface area (Å²) in [6.07, 6.45) is 2.02. The van der Waals surface area contributed by atoms with Crippen LogP contribution in [0.4, 0.5) is 11.6 Å². The summed E-state index contributed by atoms with van der Waals surface area (Å²) in [5.41, 5.74) is 4.33. The minimum Gasteiger partial charge on any atom is -0.404 e. The van der Waals surface area contributed by atoms with Gasteiger partial charge in [0.25, 0.3) is 11.8 Å². The molecule has 1 unspecified atom stereocenters. The molecular formula is C59H67N11O11Si3. The topological polar surface area (TPSA) is 252 Å². The highest BCUT2D eigenvalue weighted by Crippen LogP contribution is 2.45. The molecule has 6 aromatic rings. The van der Waals surface area contributed by atoms with Crippen molar-refractivity contribution in [1.29, 1.82) is 0 Å². The first-order valence-electron chi connectivity index (χ1n) is 28.5. The van der Waals surface area contributed by atoms with Gasteiger partial charge in [-0.3, -0.25) is 27.6 Å². The Labute approximate surface area is 488 Å². The molecule has 1 fully saturated rings. The maximum atomic E-state index is 13.3. The van der Waals surface area contributed by atoms with Crippen molar-refractivity contribution in [1.82, 2.24) is 24.2 Å². The molecule has 22 nitrogen and oxygen atoms in total. The predicted molar refractivity (Wildman–Crippen MR) is 322 cm³/mol. The Morgan fingerprint density at radius 1 is 0.524 bits per heavy atom. The van der Waals surface area contributed by atoms with E-state index in [2.05, 4.69) is 45.3 Å². The van der Waals surface area contributed by atoms with Gasteiger partial charge in [0, 0.05) is 89.7 Å². The van der Waals surface area contributed by atoms with Crippen LogP contribution < -0.4 is 21.6 Å². The van der Waals surface area contributed by atoms with Crippen molar-refractivity contribution in [2.75, 3.05) is 53.2 Å². The van der Waals surface area contributed by atoms with Crippen molar-refractivity contribution in [3.05, 3.63) is 130 Å². The average molecular weight is 1190 g/mol. The van der Waals surface area contributed by atoms with E-state index in [-0.39, 0.29) is 50.7 Å². The fourth-order valence-electron chi connectivity index (χ4n) is 11.0. The van der Waals surface area contributed by atoms with Crippen LogP contribution in [-0.2, 0) is 51.3 Å². The minimum absolute atomic E-state index is 0.0124. The van der Waals surface area contributed by atoms with Gasteiger partial charge in [0.2, 0.25) is 11.8 Å². The van der Waals surface area contributed by atoms with Gasteiger partial charge in [0.1, 0.15) is 29.2 Å². The van der Waals surface area contributed by atoms with Crippen LogP contribution in [0, 0.1) is 0 Å². The first-order valence-corrected chi connectivity index (χ1v) is 36.5. The highest BCUT2D eigenvalue weighted by molar-refractivity contribution is 6.88. The minimum atomic E-state index is -4.58. The lowest BCUT2D eigenvalue weighted by Crippen LogP contribution is -2.70. The van der Waals surface area contributed by atoms with Gasteiger partial charge < -0.3 is 37.9 Å². The van der Waals surface area contributed by atoms with E-state index in [4.69, 9.17) is 57.2 Å². The Morgan fingerprint density at radius 2 is 0.964 bits per heavy atom. The zero-order valence-electron chi connectivity index (χ0n) is 47.8. The number of rotatable bonds is 26. The standard InChI is InChI=1S/C59H67N11O11Si3/c1-76-32-33-77-34-35-78-38-48(72)61-31-17-37-83(4,5)81-84(80-82(2,3)36-16-30-60-47(71)26-14-15-27-51(75)79-68-49(73)28-29-50(68)74)69-56-43-22-10-11-23-44(43)58(69)66-54-41-20-8-9-21-42(41)55(63-54)67-59-46-25-13-12-24-45(46)57(70(59)84)65-53-40-19-7-6-18-39(40)52(62-53)64-56/h6-13,18-25H,14-17,26-38H2,1-5H3,(H,60,71)(H,61,72). The molecule has 2 N–H and O–H groups in total. The van der Waals surface area contributed by atoms with Crippen LogP contribution in [0.1, 0.15) is 73.6 Å². The number of benzene rings is 4. The van der Waals surface area contributed by atoms with Gasteiger partial charge in [-0.05, 0) is 64.0 Å². The highest BCUT2D eigenvalue weighted by Gasteiger charge is 2.58. The lowest BCUT2D eigenvalue weighted by atomic mass is 10.1. The maximum absolute atomic E-state index is 13.3. The van der Waals surface area contributed by atoms with Crippen molar-refractivity contribution in [2.45, 2.75) is 89.6 Å². The normalized spacial score (nSPS) is 16.8. The second-order valence-corrected chi connectivity index (χ2v) is 33.9. The van der Waals surface area contributed by atoms with Gasteiger partial charge in [0.15, 0.2) is 40.0 Å². The highest BCUT2D eigenvalue weighted by atomic mass is 28.5. The number of fused-ring (bicyclic) bond motifs is 14. The van der Waals surface area contributed by atoms with Crippen LogP contribution in [0.3, 0.4) is 0 Å². The molecule has 6 bridgehead atoms. The molecule has 0 aliphatic carbocycles. The van der Waals surface area contributed by atoms with E-state index in [0.717, 1.165) is 43.8 Å². The second kappa shape index (κ2) is 24.8. The van der Waals surface area contributed by atoms with Gasteiger partial charge >= 0.3 is 14.9 Å². The van der Waals surface area contributed by atoms with E-state index < -0.39 is 43.3 Å². The number of aromatic nitrogens is 2. The van der Waals surface area contributed by atoms with Crippen molar-refractivity contribution in [3.63, 3.8) is 0 Å². The van der Waals surface area contributed by atoms with Crippen LogP contribution in [-0.4, -0.2) is 145 Å². The lowest BCUT2D eigenvalue weighted by molar-refractivity contribution is -0.197. The van der Waals surface area contributed by atoms with Gasteiger partial charge in [0.05, 0.1) is 26.4 Å². The number of hydrogen-bond donors (Lipinski definition) is 2. The number of amides is 4. The van der Waals surface area contributed by atoms with E-state index in [9.17, 15) is 24.0 Å². The molecule has 0 radical (unpaired) electrons. The molecule has 1 atom stereocenters. The molecule has 7 heterocycles. The maximum Gasteiger partial charge on any atom is 0.582 e. The van der Waals surface area contributed by atoms with Gasteiger partial charge in [-0.25, -0.2) is 34.7 Å². The smallest absolute Gasteiger partial charge is 0.404 e. The summed E-state index contributed by atoms with van der Waals surface area (Å²) < 4.78 is 37.0. The third kappa shape index (κ3) is 12.1. The van der Waals surface area contributed by atoms with E-state index in [1.807, 2.05) is 97.1 Å². The zero-order valence-corrected chi connectivity index (χ0v) is 50.8. The molecular weight excluding hydrogens is 1120 g/mol. The lowest BCUT2D eigenvalue weighted by Gasteiger charge is -2.43. The summed E-state index contributed by atoms with van der Waals surface area (Å²) in [6, 6.07) is 33.3. The van der Waals surface area contributed by atoms with Crippen molar-refractivity contribution in [3.8, 4) is 0 Å². The number of nitrogens with zero attached hydrogens (tertiary/aromatic N) is 9. The van der Waals surface area contributed by atoms with E-state index >= 15 is 0 Å². The van der Waals surface area contributed by atoms with Crippen molar-refractivity contribution < 1.29 is 51.3 Å². The summed E-state index contributed by atoms with van der Waals surface area (Å²) in [5, 5.41) is 9.83. The summed E-state index contributed by atoms with van der Waals surface area (Å²) in [6.45, 7) is 10.9. The summed E-state index contributed by atoms with van der Waals surface area (Å²) in [7, 11) is -9.10. The average Bonchev–Trinajstić information content (AvgIpc) is 1.60. The number of ether oxygens (including phenoxy) is 3. The van der Waals surface area contributed by atoms with Gasteiger partial charge in [-0.1, -0.05) is 97.1 Å². The Balaban J connectivity index is 0.994. The summed E-state index contributed by atoms with van der Waals surface area (Å²) >= 11 is 0. The number of amidine groups is 4. The third-order valence-corrected chi connectivity index (χ3v) is 26.6. The second-order valence-electron chi connectivity index (χ2n) is 22.2. The number of aliphatic imine (C=N–C) groups is 4. The van der Waals surface area contributed by atoms with E-state index in [1.54, 1.807) is 7.11 Å². The molecule has 0 saturated carbocycles. The molecule has 25 heteroatoms. The molecule has 4 aromatic carbocycles. The zero-order chi connectivity index (χ0) is 58.6. The molecule has 2 aromatic heterocycles. The Morgan fingerprint density at radius 3 is 1.48 bits per heavy atom. The van der Waals surface area contributed by atoms with E-state index in [0.29, 0.717) is 122 Å². The molecule has 84 heavy (non-hydrogen) atoms. The molecule has 1 saturated heterocycles. The number of hydroxylamine groups is 2. The Kier molecular flexibility index (Phi) is 17.2. The number of carbonyl (C=O) groups is 5. The molecule has 5 aliphatic rings. The van der Waals surface area contributed by atoms with Crippen LogP contribution >= 0.6 is 0 Å². The number of hydrogen-bond acceptors (Lipinski definition) is 17. The van der Waals surface area contributed by atoms with Crippen LogP contribution in [0.2, 0.25) is 38.3 Å². The Hall–Kier alpha value is -7.76. The molecule has 0 spiro atoms. The van der Waals surface area contributed by atoms with Crippen LogP contribution in [0.25, 0.3) is 21.5 Å². The summed E-state index contributed by atoms with van der Waals surface area (Å²) in [5.74, 6) is 0.767. The van der Waals surface area contributed by atoms with Gasteiger partial charge in [-0.15, -0.1) is 5.06 Å². The predicted octanol–water partition coefficient (Wildman–Crippen LogP) is 6.67.